The van der Waals surface area contributed by atoms with Crippen LogP contribution in [0, 0.1) is 0 Å². The number of hydrogen-bond acceptors (Lipinski definition) is 8. The van der Waals surface area contributed by atoms with E-state index in [1.54, 1.807) is 12.3 Å². The number of nitrogens with one attached hydrogen (secondary N) is 4. The van der Waals surface area contributed by atoms with E-state index in [-0.39, 0.29) is 25.7 Å². The summed E-state index contributed by atoms with van der Waals surface area (Å²) >= 11 is 0. The number of carboxylic acids is 2. The molecule has 0 aliphatic heterocycles. The SMILES string of the molecule is CC(O)C(NC(=O)C(N)CCC(=O)O)C(=O)NC(Cc1c[nH]c2ccccc12)C(=O)NC(CCCCN)C(=O)O. The fraction of sp³-hybridized carbons (Fsp3) is 0.500. The third kappa shape index (κ3) is 9.63. The van der Waals surface area contributed by atoms with Crippen LogP contribution in [0.3, 0.4) is 0 Å². The first-order chi connectivity index (χ1) is 18.9. The van der Waals surface area contributed by atoms with Crippen molar-refractivity contribution in [2.45, 2.75) is 75.7 Å². The van der Waals surface area contributed by atoms with Crippen molar-refractivity contribution in [2.75, 3.05) is 6.54 Å². The lowest BCUT2D eigenvalue weighted by atomic mass is 10.0. The van der Waals surface area contributed by atoms with Crippen LogP contribution in [0.4, 0.5) is 0 Å². The number of carboxylic acid groups (broad SMARTS) is 2. The molecule has 11 N–H and O–H groups in total. The number of aromatic amines is 1. The molecule has 0 fully saturated rings. The summed E-state index contributed by atoms with van der Waals surface area (Å²) in [6.45, 7) is 1.62. The Morgan fingerprint density at radius 3 is 2.23 bits per heavy atom. The molecule has 40 heavy (non-hydrogen) atoms. The number of benzene rings is 1. The van der Waals surface area contributed by atoms with Crippen LogP contribution >= 0.6 is 0 Å². The van der Waals surface area contributed by atoms with Crippen LogP contribution in [-0.4, -0.2) is 86.8 Å². The number of amides is 3. The molecule has 1 heterocycles. The van der Waals surface area contributed by atoms with Gasteiger partial charge < -0.3 is 47.7 Å². The van der Waals surface area contributed by atoms with Gasteiger partial charge in [0.15, 0.2) is 0 Å². The molecule has 14 nitrogen and oxygen atoms in total. The predicted octanol–water partition coefficient (Wildman–Crippen LogP) is -1.05. The molecule has 0 saturated carbocycles. The molecule has 5 atom stereocenters. The van der Waals surface area contributed by atoms with Gasteiger partial charge in [0.25, 0.3) is 0 Å². The molecule has 1 aromatic heterocycles. The first-order valence-electron chi connectivity index (χ1n) is 13.0. The number of H-pyrrole nitrogens is 1. The maximum Gasteiger partial charge on any atom is 0.326 e. The van der Waals surface area contributed by atoms with Crippen LogP contribution < -0.4 is 27.4 Å². The van der Waals surface area contributed by atoms with Crippen molar-refractivity contribution >= 4 is 40.6 Å². The van der Waals surface area contributed by atoms with E-state index in [1.165, 1.54) is 6.92 Å². The van der Waals surface area contributed by atoms with Crippen LogP contribution in [0.1, 0.15) is 44.6 Å². The van der Waals surface area contributed by atoms with Crippen LogP contribution in [0.25, 0.3) is 10.9 Å². The summed E-state index contributed by atoms with van der Waals surface area (Å²) in [4.78, 5) is 64.6. The van der Waals surface area contributed by atoms with Crippen molar-refractivity contribution in [3.63, 3.8) is 0 Å². The van der Waals surface area contributed by atoms with E-state index < -0.39 is 59.9 Å². The minimum Gasteiger partial charge on any atom is -0.481 e. The van der Waals surface area contributed by atoms with Gasteiger partial charge in [0.1, 0.15) is 18.1 Å². The average molecular weight is 563 g/mol. The molecule has 14 heteroatoms. The quantitative estimate of drug-likeness (QED) is 0.106. The Labute approximate surface area is 230 Å². The van der Waals surface area contributed by atoms with E-state index in [0.29, 0.717) is 24.9 Å². The number of aromatic nitrogens is 1. The Morgan fingerprint density at radius 2 is 1.60 bits per heavy atom. The lowest BCUT2D eigenvalue weighted by Crippen LogP contribution is -2.60. The highest BCUT2D eigenvalue weighted by atomic mass is 16.4. The van der Waals surface area contributed by atoms with Gasteiger partial charge in [0.05, 0.1) is 12.1 Å². The van der Waals surface area contributed by atoms with Crippen molar-refractivity contribution < 1.29 is 39.3 Å². The standard InChI is InChI=1S/C26H38N6O8/c1-14(33)22(32-23(36)17(28)9-10-21(34)35)25(38)31-20(12-15-13-29-18-7-3-2-6-16(15)18)24(37)30-19(26(39)40)8-4-5-11-27/h2-3,6-7,13-14,17,19-20,22,29,33H,4-5,8-12,27-28H2,1H3,(H,30,37)(H,31,38)(H,32,36)(H,34,35)(H,39,40). The van der Waals surface area contributed by atoms with Crippen molar-refractivity contribution in [3.8, 4) is 0 Å². The fourth-order valence-electron chi connectivity index (χ4n) is 4.09. The minimum atomic E-state index is -1.53. The zero-order valence-corrected chi connectivity index (χ0v) is 22.3. The van der Waals surface area contributed by atoms with Gasteiger partial charge in [-0.05, 0) is 50.8 Å². The molecular formula is C26H38N6O8. The molecule has 0 bridgehead atoms. The van der Waals surface area contributed by atoms with Gasteiger partial charge in [-0.15, -0.1) is 0 Å². The first kappa shape index (κ1) is 32.2. The van der Waals surface area contributed by atoms with Crippen molar-refractivity contribution in [1.82, 2.24) is 20.9 Å². The summed E-state index contributed by atoms with van der Waals surface area (Å²) in [6, 6.07) is 2.01. The number of unbranched alkanes of at least 4 members (excludes halogenated alkanes) is 1. The highest BCUT2D eigenvalue weighted by Gasteiger charge is 2.33. The summed E-state index contributed by atoms with van der Waals surface area (Å²) in [7, 11) is 0. The van der Waals surface area contributed by atoms with Gasteiger partial charge in [0, 0.05) is 29.9 Å². The van der Waals surface area contributed by atoms with Gasteiger partial charge in [-0.25, -0.2) is 4.79 Å². The molecule has 0 saturated heterocycles. The van der Waals surface area contributed by atoms with Gasteiger partial charge in [0.2, 0.25) is 17.7 Å². The number of aliphatic carboxylic acids is 2. The zero-order valence-electron chi connectivity index (χ0n) is 22.3. The molecule has 3 amide bonds. The second kappa shape index (κ2) is 15.5. The van der Waals surface area contributed by atoms with E-state index in [1.807, 2.05) is 18.2 Å². The van der Waals surface area contributed by atoms with Gasteiger partial charge in [-0.2, -0.15) is 0 Å². The number of aliphatic hydroxyl groups excluding tert-OH is 1. The number of fused-ring (bicyclic) bond motifs is 1. The summed E-state index contributed by atoms with van der Waals surface area (Å²) in [5, 5.41) is 36.7. The largest absolute Gasteiger partial charge is 0.481 e. The first-order valence-corrected chi connectivity index (χ1v) is 13.0. The van der Waals surface area contributed by atoms with E-state index in [9.17, 15) is 34.2 Å². The van der Waals surface area contributed by atoms with Crippen LogP contribution in [-0.2, 0) is 30.4 Å². The number of hydrogen-bond donors (Lipinski definition) is 9. The van der Waals surface area contributed by atoms with Crippen LogP contribution in [0.15, 0.2) is 30.5 Å². The topological polar surface area (TPSA) is 250 Å². The smallest absolute Gasteiger partial charge is 0.326 e. The summed E-state index contributed by atoms with van der Waals surface area (Å²) < 4.78 is 0. The number of rotatable bonds is 17. The van der Waals surface area contributed by atoms with Crippen molar-refractivity contribution in [1.29, 1.82) is 0 Å². The molecule has 0 radical (unpaired) electrons. The molecule has 0 aliphatic rings. The van der Waals surface area contributed by atoms with Crippen LogP contribution in [0.5, 0.6) is 0 Å². The van der Waals surface area contributed by atoms with E-state index in [4.69, 9.17) is 16.6 Å². The molecular weight excluding hydrogens is 524 g/mol. The maximum absolute atomic E-state index is 13.3. The summed E-state index contributed by atoms with van der Waals surface area (Å²) in [5.41, 5.74) is 12.7. The highest BCUT2D eigenvalue weighted by molar-refractivity contribution is 5.95. The molecule has 5 unspecified atom stereocenters. The van der Waals surface area contributed by atoms with Gasteiger partial charge >= 0.3 is 11.9 Å². The molecule has 2 aromatic rings. The highest BCUT2D eigenvalue weighted by Crippen LogP contribution is 2.19. The maximum atomic E-state index is 13.3. The van der Waals surface area contributed by atoms with Gasteiger partial charge in [-0.3, -0.25) is 19.2 Å². The second-order valence-corrected chi connectivity index (χ2v) is 9.57. The Bertz CT molecular complexity index is 1180. The fourth-order valence-corrected chi connectivity index (χ4v) is 4.09. The van der Waals surface area contributed by atoms with E-state index in [2.05, 4.69) is 20.9 Å². The monoisotopic (exact) mass is 562 g/mol. The third-order valence-electron chi connectivity index (χ3n) is 6.36. The van der Waals surface area contributed by atoms with Crippen molar-refractivity contribution in [2.24, 2.45) is 11.5 Å². The van der Waals surface area contributed by atoms with Gasteiger partial charge in [-0.1, -0.05) is 18.2 Å². The van der Waals surface area contributed by atoms with E-state index in [0.717, 1.165) is 10.9 Å². The lowest BCUT2D eigenvalue weighted by molar-refractivity contribution is -0.142. The number of aliphatic hydroxyl groups is 1. The third-order valence-corrected chi connectivity index (χ3v) is 6.36. The zero-order chi connectivity index (χ0) is 29.8. The summed E-state index contributed by atoms with van der Waals surface area (Å²) in [6.07, 6.45) is 0.829. The number of nitrogens with two attached hydrogens (primary N) is 2. The average Bonchev–Trinajstić information content (AvgIpc) is 3.31. The number of para-hydroxylation sites is 1. The van der Waals surface area contributed by atoms with E-state index >= 15 is 0 Å². The Kier molecular flexibility index (Phi) is 12.5. The molecule has 2 rings (SSSR count). The predicted molar refractivity (Wildman–Crippen MR) is 145 cm³/mol. The molecule has 1 aromatic carbocycles. The Morgan fingerprint density at radius 1 is 0.925 bits per heavy atom. The van der Waals surface area contributed by atoms with Crippen molar-refractivity contribution in [3.05, 3.63) is 36.0 Å². The number of carbonyl (C=O) groups excluding carboxylic acids is 3. The molecule has 220 valence electrons. The Balaban J connectivity index is 2.26. The van der Waals surface area contributed by atoms with Crippen LogP contribution in [0.2, 0.25) is 0 Å². The lowest BCUT2D eigenvalue weighted by Gasteiger charge is -2.26. The molecule has 0 aliphatic carbocycles. The number of carbonyl (C=O) groups is 5. The Hall–Kier alpha value is -4.01. The molecule has 0 spiro atoms. The second-order valence-electron chi connectivity index (χ2n) is 9.57. The summed E-state index contributed by atoms with van der Waals surface area (Å²) in [5.74, 6) is -4.93. The normalized spacial score (nSPS) is 14.9. The minimum absolute atomic E-state index is 0.0324.